The number of carboxylic acids is 1. The lowest BCUT2D eigenvalue weighted by Gasteiger charge is -2.22. The maximum absolute atomic E-state index is 14.1. The second-order valence-corrected chi connectivity index (χ2v) is 13.2. The molecular weight excluding hydrogens is 571 g/mol. The maximum atomic E-state index is 14.1. The molecule has 0 atom stereocenters. The number of fused-ring (bicyclic) bond motifs is 1. The fourth-order valence-corrected chi connectivity index (χ4v) is 5.59. The van der Waals surface area contributed by atoms with Crippen molar-refractivity contribution in [2.45, 2.75) is 54.6 Å². The Balaban J connectivity index is 1.99. The van der Waals surface area contributed by atoms with E-state index in [4.69, 9.17) is 27.9 Å². The minimum Gasteiger partial charge on any atom is -0.486 e. The van der Waals surface area contributed by atoms with E-state index in [0.717, 1.165) is 10.7 Å². The van der Waals surface area contributed by atoms with Gasteiger partial charge in [-0.25, -0.2) is 4.98 Å². The highest BCUT2D eigenvalue weighted by Crippen LogP contribution is 2.37. The zero-order valence-corrected chi connectivity index (χ0v) is 25.4. The van der Waals surface area contributed by atoms with Gasteiger partial charge in [-0.3, -0.25) is 14.4 Å². The number of halogens is 2. The molecule has 7 nitrogen and oxygen atoms in total. The van der Waals surface area contributed by atoms with Crippen molar-refractivity contribution >= 4 is 57.6 Å². The van der Waals surface area contributed by atoms with E-state index in [0.29, 0.717) is 16.8 Å². The Bertz CT molecular complexity index is 1630. The number of aliphatic carboxylic acids is 1. The summed E-state index contributed by atoms with van der Waals surface area (Å²) >= 11 is 13.9. The summed E-state index contributed by atoms with van der Waals surface area (Å²) in [6.45, 7) is 10.6. The molecule has 0 aliphatic carbocycles. The number of benzene rings is 1. The van der Waals surface area contributed by atoms with Crippen LogP contribution in [0, 0.1) is 17.8 Å². The van der Waals surface area contributed by atoms with E-state index in [1.54, 1.807) is 57.3 Å². The Kier molecular flexibility index (Phi) is 8.18. The van der Waals surface area contributed by atoms with Crippen LogP contribution in [0.25, 0.3) is 5.52 Å². The van der Waals surface area contributed by atoms with Crippen LogP contribution in [-0.2, 0) is 17.8 Å². The number of hydrogen-bond donors (Lipinski definition) is 1. The van der Waals surface area contributed by atoms with Crippen LogP contribution in [0.15, 0.2) is 41.9 Å². The molecule has 3 aromatic heterocycles. The number of ether oxygens (including phenoxy) is 1. The van der Waals surface area contributed by atoms with Crippen LogP contribution in [0.2, 0.25) is 10.0 Å². The van der Waals surface area contributed by atoms with Crippen molar-refractivity contribution in [1.82, 2.24) is 9.38 Å². The van der Waals surface area contributed by atoms with E-state index in [-0.39, 0.29) is 45.7 Å². The van der Waals surface area contributed by atoms with Gasteiger partial charge in [0.15, 0.2) is 5.78 Å². The summed E-state index contributed by atoms with van der Waals surface area (Å²) in [5.74, 6) is -1.23. The van der Waals surface area contributed by atoms with Gasteiger partial charge in [0.05, 0.1) is 16.6 Å². The third-order valence-electron chi connectivity index (χ3n) is 6.49. The number of carboxylic acid groups (broad SMARTS) is 1. The number of rotatable bonds is 9. The summed E-state index contributed by atoms with van der Waals surface area (Å²) in [6.07, 6.45) is 1.60. The number of pyridine rings is 1. The van der Waals surface area contributed by atoms with Crippen molar-refractivity contribution in [3.63, 3.8) is 0 Å². The molecule has 0 saturated carbocycles. The number of aryl methyl sites for hydroxylation is 1. The van der Waals surface area contributed by atoms with Crippen LogP contribution in [-0.4, -0.2) is 32.0 Å². The van der Waals surface area contributed by atoms with E-state index in [9.17, 15) is 19.5 Å². The van der Waals surface area contributed by atoms with Gasteiger partial charge in [-0.2, -0.15) is 0 Å². The maximum Gasteiger partial charge on any atom is 0.309 e. The number of carbonyl (C=O) groups is 3. The van der Waals surface area contributed by atoms with E-state index in [1.165, 1.54) is 29.5 Å². The van der Waals surface area contributed by atoms with E-state index in [1.807, 2.05) is 12.3 Å². The quantitative estimate of drug-likeness (QED) is 0.198. The van der Waals surface area contributed by atoms with Crippen molar-refractivity contribution < 1.29 is 24.2 Å². The van der Waals surface area contributed by atoms with Crippen molar-refractivity contribution in [1.29, 1.82) is 0 Å². The minimum absolute atomic E-state index is 0.0644. The Morgan fingerprint density at radius 1 is 1.05 bits per heavy atom. The molecule has 0 saturated heterocycles. The van der Waals surface area contributed by atoms with Crippen molar-refractivity contribution in [3.05, 3.63) is 85.0 Å². The first-order chi connectivity index (χ1) is 18.6. The normalized spacial score (nSPS) is 12.1. The van der Waals surface area contributed by atoms with Crippen molar-refractivity contribution in [2.24, 2.45) is 10.8 Å². The van der Waals surface area contributed by atoms with Crippen LogP contribution in [0.5, 0.6) is 5.75 Å². The third kappa shape index (κ3) is 6.09. The molecule has 0 aliphatic rings. The Hall–Kier alpha value is -3.20. The van der Waals surface area contributed by atoms with Gasteiger partial charge in [0, 0.05) is 49.9 Å². The highest BCUT2D eigenvalue weighted by Gasteiger charge is 2.37. The van der Waals surface area contributed by atoms with Crippen LogP contribution in [0.1, 0.15) is 77.3 Å². The molecule has 1 N–H and O–H groups in total. The zero-order chi connectivity index (χ0) is 29.6. The molecule has 1 aromatic carbocycles. The molecule has 0 radical (unpaired) electrons. The molecule has 0 fully saturated rings. The lowest BCUT2D eigenvalue weighted by molar-refractivity contribution is -0.146. The van der Waals surface area contributed by atoms with Gasteiger partial charge in [-0.15, -0.1) is 11.3 Å². The zero-order valence-electron chi connectivity index (χ0n) is 23.1. The van der Waals surface area contributed by atoms with E-state index < -0.39 is 22.6 Å². The molecule has 0 bridgehead atoms. The summed E-state index contributed by atoms with van der Waals surface area (Å²) in [6, 6.07) is 7.93. The SMILES string of the molecule is Cc1csc(COc2ccn3c(C(=O)c4cc(Cl)cc(Cl)c4)c(CC(C)(C)C(=O)O)c(C(=O)C(C)(C)C)c3c2)n1. The lowest BCUT2D eigenvalue weighted by atomic mass is 9.79. The van der Waals surface area contributed by atoms with Crippen LogP contribution in [0.3, 0.4) is 0 Å². The largest absolute Gasteiger partial charge is 0.486 e. The van der Waals surface area contributed by atoms with Gasteiger partial charge in [0.1, 0.15) is 17.4 Å². The van der Waals surface area contributed by atoms with Crippen molar-refractivity contribution in [2.75, 3.05) is 0 Å². The van der Waals surface area contributed by atoms with Gasteiger partial charge in [0.2, 0.25) is 5.78 Å². The summed E-state index contributed by atoms with van der Waals surface area (Å²) in [5, 5.41) is 13.3. The molecule has 10 heteroatoms. The summed E-state index contributed by atoms with van der Waals surface area (Å²) in [5.41, 5.74) is 0.284. The molecule has 0 unspecified atom stereocenters. The highest BCUT2D eigenvalue weighted by molar-refractivity contribution is 7.09. The van der Waals surface area contributed by atoms with Gasteiger partial charge in [-0.1, -0.05) is 44.0 Å². The van der Waals surface area contributed by atoms with Gasteiger partial charge < -0.3 is 14.2 Å². The number of thiazole rings is 1. The van der Waals surface area contributed by atoms with Gasteiger partial charge in [0.25, 0.3) is 0 Å². The second-order valence-electron chi connectivity index (χ2n) is 11.4. The molecule has 210 valence electrons. The van der Waals surface area contributed by atoms with Crippen molar-refractivity contribution in [3.8, 4) is 5.75 Å². The van der Waals surface area contributed by atoms with Crippen LogP contribution >= 0.6 is 34.5 Å². The van der Waals surface area contributed by atoms with Crippen LogP contribution < -0.4 is 4.74 Å². The summed E-state index contributed by atoms with van der Waals surface area (Å²) < 4.78 is 7.64. The van der Waals surface area contributed by atoms with E-state index in [2.05, 4.69) is 4.98 Å². The Labute approximate surface area is 246 Å². The van der Waals surface area contributed by atoms with Gasteiger partial charge >= 0.3 is 5.97 Å². The smallest absolute Gasteiger partial charge is 0.309 e. The third-order valence-corrected chi connectivity index (χ3v) is 7.86. The fraction of sp³-hybridized carbons (Fsp3) is 0.333. The first-order valence-electron chi connectivity index (χ1n) is 12.6. The first-order valence-corrected chi connectivity index (χ1v) is 14.2. The monoisotopic (exact) mass is 600 g/mol. The molecule has 3 heterocycles. The standard InChI is InChI=1S/C30H30Cl2N2O5S/c1-16-15-40-23(33-16)14-39-20-7-8-34-22(12-20)24(27(36)29(2,3)4)21(13-30(5,6)28(37)38)25(34)26(35)17-9-18(31)11-19(32)10-17/h7-12,15H,13-14H2,1-6H3,(H,37,38). The molecule has 0 aliphatic heterocycles. The molecule has 4 aromatic rings. The Morgan fingerprint density at radius 3 is 2.25 bits per heavy atom. The fourth-order valence-electron chi connectivity index (χ4n) is 4.38. The summed E-state index contributed by atoms with van der Waals surface area (Å²) in [7, 11) is 0. The predicted octanol–water partition coefficient (Wildman–Crippen LogP) is 7.70. The topological polar surface area (TPSA) is 98.0 Å². The average molecular weight is 602 g/mol. The lowest BCUT2D eigenvalue weighted by Crippen LogP contribution is -2.29. The number of Topliss-reactive ketones (excluding diaryl/α,β-unsaturated/α-hetero) is 1. The van der Waals surface area contributed by atoms with E-state index >= 15 is 0 Å². The number of aromatic nitrogens is 2. The number of hydrogen-bond acceptors (Lipinski definition) is 6. The first kappa shape index (κ1) is 29.8. The molecule has 0 spiro atoms. The van der Waals surface area contributed by atoms with Crippen LogP contribution in [0.4, 0.5) is 0 Å². The molecule has 0 amide bonds. The summed E-state index contributed by atoms with van der Waals surface area (Å²) in [4.78, 5) is 44.7. The number of nitrogens with zero attached hydrogens (tertiary/aromatic N) is 2. The predicted molar refractivity (Wildman–Crippen MR) is 157 cm³/mol. The number of carbonyl (C=O) groups excluding carboxylic acids is 2. The minimum atomic E-state index is -1.28. The molecular formula is C30H30Cl2N2O5S. The average Bonchev–Trinajstić information content (AvgIpc) is 3.40. The molecule has 40 heavy (non-hydrogen) atoms. The number of ketones is 2. The Morgan fingerprint density at radius 2 is 1.70 bits per heavy atom. The second kappa shape index (κ2) is 11.0. The van der Waals surface area contributed by atoms with Gasteiger partial charge in [-0.05, 0) is 57.0 Å². The molecule has 4 rings (SSSR count). The highest BCUT2D eigenvalue weighted by atomic mass is 35.5.